The molecule has 0 bridgehead atoms. The van der Waals surface area contributed by atoms with Gasteiger partial charge in [-0.2, -0.15) is 0 Å². The number of thiophene rings is 1. The second kappa shape index (κ2) is 7.57. The first-order valence-corrected chi connectivity index (χ1v) is 9.13. The summed E-state index contributed by atoms with van der Waals surface area (Å²) in [5.74, 6) is -0.298. The lowest BCUT2D eigenvalue weighted by Gasteiger charge is -2.30. The molecule has 0 saturated carbocycles. The van der Waals surface area contributed by atoms with Gasteiger partial charge in [0.05, 0.1) is 0 Å². The van der Waals surface area contributed by atoms with E-state index in [4.69, 9.17) is 0 Å². The van der Waals surface area contributed by atoms with Crippen LogP contribution in [0.4, 0.5) is 0 Å². The quantitative estimate of drug-likeness (QED) is 0.908. The molecule has 0 radical (unpaired) electrons. The van der Waals surface area contributed by atoms with Crippen molar-refractivity contribution in [3.8, 4) is 0 Å². The Morgan fingerprint density at radius 1 is 1.38 bits per heavy atom. The van der Waals surface area contributed by atoms with Gasteiger partial charge in [-0.05, 0) is 42.0 Å². The lowest BCUT2D eigenvalue weighted by molar-refractivity contribution is -0.134. The summed E-state index contributed by atoms with van der Waals surface area (Å²) in [6.07, 6.45) is 3.93. The van der Waals surface area contributed by atoms with E-state index in [9.17, 15) is 9.59 Å². The highest BCUT2D eigenvalue weighted by molar-refractivity contribution is 7.10. The Morgan fingerprint density at radius 3 is 3.00 bits per heavy atom. The minimum Gasteiger partial charge on any atom is -0.339 e. The molecule has 2 aromatic heterocycles. The van der Waals surface area contributed by atoms with Gasteiger partial charge in [0.15, 0.2) is 0 Å². The maximum absolute atomic E-state index is 12.9. The lowest BCUT2D eigenvalue weighted by atomic mass is 10.1. The van der Waals surface area contributed by atoms with Gasteiger partial charge in [0.1, 0.15) is 11.7 Å². The van der Waals surface area contributed by atoms with Crippen molar-refractivity contribution in [2.24, 2.45) is 0 Å². The van der Waals surface area contributed by atoms with Crippen LogP contribution in [0.2, 0.25) is 0 Å². The fourth-order valence-corrected chi connectivity index (χ4v) is 3.82. The van der Waals surface area contributed by atoms with Crippen molar-refractivity contribution in [2.45, 2.75) is 38.8 Å². The second-order valence-corrected chi connectivity index (χ2v) is 6.91. The van der Waals surface area contributed by atoms with E-state index in [0.717, 1.165) is 12.8 Å². The van der Waals surface area contributed by atoms with Gasteiger partial charge >= 0.3 is 0 Å². The van der Waals surface area contributed by atoms with Gasteiger partial charge in [-0.25, -0.2) is 0 Å². The zero-order chi connectivity index (χ0) is 16.9. The molecule has 2 aromatic rings. The van der Waals surface area contributed by atoms with Crippen molar-refractivity contribution in [1.82, 2.24) is 15.2 Å². The van der Waals surface area contributed by atoms with Crippen LogP contribution >= 0.6 is 11.3 Å². The van der Waals surface area contributed by atoms with Crippen LogP contribution in [0, 0.1) is 0 Å². The predicted molar refractivity (Wildman–Crippen MR) is 93.8 cm³/mol. The zero-order valence-corrected chi connectivity index (χ0v) is 14.5. The van der Waals surface area contributed by atoms with Crippen molar-refractivity contribution in [3.63, 3.8) is 0 Å². The predicted octanol–water partition coefficient (Wildman–Crippen LogP) is 2.63. The minimum atomic E-state index is -0.496. The number of amides is 2. The van der Waals surface area contributed by atoms with Gasteiger partial charge in [-0.1, -0.05) is 19.4 Å². The Morgan fingerprint density at radius 2 is 2.25 bits per heavy atom. The number of nitrogens with zero attached hydrogens (tertiary/aromatic N) is 2. The summed E-state index contributed by atoms with van der Waals surface area (Å²) in [6, 6.07) is 6.77. The lowest BCUT2D eigenvalue weighted by Crippen LogP contribution is -2.49. The molecule has 0 saturated heterocycles. The van der Waals surface area contributed by atoms with Crippen molar-refractivity contribution in [3.05, 3.63) is 52.0 Å². The van der Waals surface area contributed by atoms with Crippen molar-refractivity contribution >= 4 is 23.2 Å². The number of nitrogens with one attached hydrogen (secondary N) is 1. The molecule has 0 fully saturated rings. The van der Waals surface area contributed by atoms with Crippen LogP contribution in [0.3, 0.4) is 0 Å². The molecular formula is C18H21N3O2S. The zero-order valence-electron chi connectivity index (χ0n) is 13.7. The Bertz CT molecular complexity index is 714. The van der Waals surface area contributed by atoms with E-state index in [1.54, 1.807) is 35.7 Å². The summed E-state index contributed by atoms with van der Waals surface area (Å²) in [4.78, 5) is 32.5. The molecule has 1 aliphatic rings. The number of rotatable bonds is 5. The van der Waals surface area contributed by atoms with Gasteiger partial charge in [-0.15, -0.1) is 11.3 Å². The van der Waals surface area contributed by atoms with E-state index in [2.05, 4.69) is 21.7 Å². The number of hydrogen-bond donors (Lipinski definition) is 1. The first-order chi connectivity index (χ1) is 11.7. The Balaban J connectivity index is 1.69. The Kier molecular flexibility index (Phi) is 5.25. The smallest absolute Gasteiger partial charge is 0.270 e. The van der Waals surface area contributed by atoms with Gasteiger partial charge in [0, 0.05) is 24.2 Å². The molecule has 2 amide bonds. The first-order valence-electron chi connectivity index (χ1n) is 8.25. The van der Waals surface area contributed by atoms with Crippen LogP contribution in [0.15, 0.2) is 35.8 Å². The summed E-state index contributed by atoms with van der Waals surface area (Å²) in [5.41, 5.74) is 1.57. The van der Waals surface area contributed by atoms with E-state index in [1.165, 1.54) is 10.4 Å². The van der Waals surface area contributed by atoms with Gasteiger partial charge in [0.2, 0.25) is 5.91 Å². The largest absolute Gasteiger partial charge is 0.339 e. The van der Waals surface area contributed by atoms with Crippen LogP contribution in [0.1, 0.15) is 40.7 Å². The van der Waals surface area contributed by atoms with Gasteiger partial charge in [0.25, 0.3) is 5.91 Å². The third-order valence-electron chi connectivity index (χ3n) is 4.20. The standard InChI is InChI=1S/C18H21N3O2S/c1-2-5-15(20-17(22)14-6-3-4-9-19-14)18(23)21-10-7-16-13(12-21)8-11-24-16/h3-4,6,8-9,11,15H,2,5,7,10,12H2,1H3,(H,20,22)/t15-/m1/s1. The monoisotopic (exact) mass is 343 g/mol. The normalized spacial score (nSPS) is 14.8. The van der Waals surface area contributed by atoms with Crippen LogP contribution in [0.5, 0.6) is 0 Å². The fraction of sp³-hybridized carbons (Fsp3) is 0.389. The van der Waals surface area contributed by atoms with Gasteiger partial charge < -0.3 is 10.2 Å². The van der Waals surface area contributed by atoms with Gasteiger partial charge in [-0.3, -0.25) is 14.6 Å². The average molecular weight is 343 g/mol. The maximum Gasteiger partial charge on any atom is 0.270 e. The molecule has 0 unspecified atom stereocenters. The summed E-state index contributed by atoms with van der Waals surface area (Å²) >= 11 is 1.75. The molecule has 3 heterocycles. The van der Waals surface area contributed by atoms with E-state index >= 15 is 0 Å². The maximum atomic E-state index is 12.9. The number of hydrogen-bond acceptors (Lipinski definition) is 4. The van der Waals surface area contributed by atoms with Crippen LogP contribution in [-0.2, 0) is 17.8 Å². The minimum absolute atomic E-state index is 0.00187. The van der Waals surface area contributed by atoms with E-state index < -0.39 is 6.04 Å². The van der Waals surface area contributed by atoms with Crippen LogP contribution < -0.4 is 5.32 Å². The molecule has 126 valence electrons. The summed E-state index contributed by atoms with van der Waals surface area (Å²) in [7, 11) is 0. The average Bonchev–Trinajstić information content (AvgIpc) is 3.09. The summed E-state index contributed by atoms with van der Waals surface area (Å²) < 4.78 is 0. The fourth-order valence-electron chi connectivity index (χ4n) is 2.93. The molecule has 0 aromatic carbocycles. The second-order valence-electron chi connectivity index (χ2n) is 5.91. The number of aromatic nitrogens is 1. The molecule has 3 rings (SSSR count). The molecule has 1 atom stereocenters. The first kappa shape index (κ1) is 16.6. The highest BCUT2D eigenvalue weighted by Gasteiger charge is 2.28. The molecule has 0 aliphatic carbocycles. The van der Waals surface area contributed by atoms with E-state index in [0.29, 0.717) is 25.2 Å². The van der Waals surface area contributed by atoms with Crippen molar-refractivity contribution < 1.29 is 9.59 Å². The number of pyridine rings is 1. The molecular weight excluding hydrogens is 322 g/mol. The van der Waals surface area contributed by atoms with Crippen LogP contribution in [0.25, 0.3) is 0 Å². The highest BCUT2D eigenvalue weighted by Crippen LogP contribution is 2.24. The van der Waals surface area contributed by atoms with Crippen molar-refractivity contribution in [2.75, 3.05) is 6.54 Å². The molecule has 6 heteroatoms. The summed E-state index contributed by atoms with van der Waals surface area (Å²) in [6.45, 7) is 3.36. The Hall–Kier alpha value is -2.21. The molecule has 1 aliphatic heterocycles. The Labute approximate surface area is 145 Å². The molecule has 1 N–H and O–H groups in total. The summed E-state index contributed by atoms with van der Waals surface area (Å²) in [5, 5.41) is 4.93. The number of fused-ring (bicyclic) bond motifs is 1. The van der Waals surface area contributed by atoms with E-state index in [1.807, 2.05) is 11.8 Å². The highest BCUT2D eigenvalue weighted by atomic mass is 32.1. The van der Waals surface area contributed by atoms with E-state index in [-0.39, 0.29) is 11.8 Å². The SMILES string of the molecule is CCC[C@@H](NC(=O)c1ccccn1)C(=O)N1CCc2sccc2C1. The topological polar surface area (TPSA) is 62.3 Å². The third kappa shape index (κ3) is 3.64. The molecule has 5 nitrogen and oxygen atoms in total. The van der Waals surface area contributed by atoms with Crippen molar-refractivity contribution in [1.29, 1.82) is 0 Å². The van der Waals surface area contributed by atoms with Crippen LogP contribution in [-0.4, -0.2) is 34.3 Å². The number of carbonyl (C=O) groups excluding carboxylic acids is 2. The third-order valence-corrected chi connectivity index (χ3v) is 5.22. The molecule has 24 heavy (non-hydrogen) atoms. The molecule has 0 spiro atoms. The number of carbonyl (C=O) groups is 2.